The number of nitrogens with zero attached hydrogens (tertiary/aromatic N) is 2. The van der Waals surface area contributed by atoms with E-state index in [1.807, 2.05) is 25.1 Å². The number of hydrogen-bond donors (Lipinski definition) is 1. The van der Waals surface area contributed by atoms with E-state index in [0.29, 0.717) is 18.0 Å². The molecule has 0 aliphatic heterocycles. The third kappa shape index (κ3) is 3.50. The van der Waals surface area contributed by atoms with Gasteiger partial charge >= 0.3 is 0 Å². The Kier molecular flexibility index (Phi) is 4.47. The summed E-state index contributed by atoms with van der Waals surface area (Å²) in [6, 6.07) is 10.4. The van der Waals surface area contributed by atoms with E-state index in [9.17, 15) is 4.79 Å². The minimum atomic E-state index is -0.0457. The Morgan fingerprint density at radius 1 is 1.23 bits per heavy atom. The largest absolute Gasteiger partial charge is 0.349 e. The maximum absolute atomic E-state index is 12.3. The zero-order chi connectivity index (χ0) is 15.4. The molecule has 22 heavy (non-hydrogen) atoms. The fraction of sp³-hybridized carbons (Fsp3) is 0.389. The number of amides is 1. The van der Waals surface area contributed by atoms with Crippen molar-refractivity contribution in [2.45, 2.75) is 45.1 Å². The molecule has 1 N–H and O–H groups in total. The second kappa shape index (κ2) is 6.69. The van der Waals surface area contributed by atoms with Gasteiger partial charge in [0.05, 0.1) is 11.3 Å². The van der Waals surface area contributed by atoms with Crippen molar-refractivity contribution >= 4 is 5.91 Å². The number of nitrogens with one attached hydrogen (secondary N) is 1. The molecule has 0 saturated heterocycles. The summed E-state index contributed by atoms with van der Waals surface area (Å²) in [7, 11) is 0. The number of carbonyl (C=O) groups excluding carboxylic acids is 1. The Balaban J connectivity index is 1.70. The van der Waals surface area contributed by atoms with Gasteiger partial charge in [0.15, 0.2) is 0 Å². The van der Waals surface area contributed by atoms with Gasteiger partial charge in [-0.2, -0.15) is 0 Å². The summed E-state index contributed by atoms with van der Waals surface area (Å²) in [5.41, 5.74) is 2.50. The first-order valence-electron chi connectivity index (χ1n) is 7.89. The Hall–Kier alpha value is -2.23. The highest BCUT2D eigenvalue weighted by molar-refractivity contribution is 5.95. The van der Waals surface area contributed by atoms with Crippen LogP contribution in [0.5, 0.6) is 0 Å². The molecule has 0 atom stereocenters. The molecule has 4 heteroatoms. The highest BCUT2D eigenvalue weighted by Crippen LogP contribution is 2.18. The molecule has 4 nitrogen and oxygen atoms in total. The summed E-state index contributed by atoms with van der Waals surface area (Å²) in [6.07, 6.45) is 6.92. The predicted molar refractivity (Wildman–Crippen MR) is 85.7 cm³/mol. The Morgan fingerprint density at radius 2 is 1.95 bits per heavy atom. The van der Waals surface area contributed by atoms with Crippen molar-refractivity contribution in [1.82, 2.24) is 15.3 Å². The van der Waals surface area contributed by atoms with Gasteiger partial charge in [0.1, 0.15) is 5.82 Å². The average Bonchev–Trinajstić information content (AvgIpc) is 3.01. The van der Waals surface area contributed by atoms with Gasteiger partial charge in [-0.3, -0.25) is 4.79 Å². The van der Waals surface area contributed by atoms with Gasteiger partial charge in [0.2, 0.25) is 0 Å². The number of aryl methyl sites for hydroxylation is 1. The fourth-order valence-electron chi connectivity index (χ4n) is 2.93. The summed E-state index contributed by atoms with van der Waals surface area (Å²) in [5.74, 6) is 0.705. The van der Waals surface area contributed by atoms with E-state index in [2.05, 4.69) is 27.4 Å². The second-order valence-electron chi connectivity index (χ2n) is 5.90. The lowest BCUT2D eigenvalue weighted by Crippen LogP contribution is -2.33. The Morgan fingerprint density at radius 3 is 2.64 bits per heavy atom. The van der Waals surface area contributed by atoms with Crippen molar-refractivity contribution in [3.8, 4) is 0 Å². The fourth-order valence-corrected chi connectivity index (χ4v) is 2.93. The molecule has 2 aromatic rings. The molecule has 0 radical (unpaired) electrons. The molecule has 1 saturated carbocycles. The summed E-state index contributed by atoms with van der Waals surface area (Å²) in [4.78, 5) is 21.2. The minimum absolute atomic E-state index is 0.0457. The SMILES string of the molecule is Cc1nc(Cc2ccccc2)ncc1C(=O)NC1CCCC1. The molecular formula is C18H21N3O. The molecule has 1 amide bonds. The van der Waals surface area contributed by atoms with E-state index in [1.54, 1.807) is 6.20 Å². The van der Waals surface area contributed by atoms with Crippen LogP contribution in [0.1, 0.15) is 53.1 Å². The lowest BCUT2D eigenvalue weighted by atomic mass is 10.1. The van der Waals surface area contributed by atoms with Crippen molar-refractivity contribution in [3.05, 3.63) is 59.2 Å². The molecule has 3 rings (SSSR count). The van der Waals surface area contributed by atoms with Gasteiger partial charge in [0, 0.05) is 18.7 Å². The number of aromatic nitrogens is 2. The molecule has 0 spiro atoms. The van der Waals surface area contributed by atoms with Crippen molar-refractivity contribution in [2.75, 3.05) is 0 Å². The van der Waals surface area contributed by atoms with Crippen LogP contribution in [0.3, 0.4) is 0 Å². The van der Waals surface area contributed by atoms with E-state index in [-0.39, 0.29) is 5.91 Å². The van der Waals surface area contributed by atoms with E-state index < -0.39 is 0 Å². The van der Waals surface area contributed by atoms with Gasteiger partial charge in [-0.1, -0.05) is 43.2 Å². The van der Waals surface area contributed by atoms with Crippen molar-refractivity contribution < 1.29 is 4.79 Å². The Labute approximate surface area is 131 Å². The van der Waals surface area contributed by atoms with Crippen molar-refractivity contribution in [3.63, 3.8) is 0 Å². The molecule has 1 heterocycles. The monoisotopic (exact) mass is 295 g/mol. The average molecular weight is 295 g/mol. The van der Waals surface area contributed by atoms with Crippen LogP contribution in [-0.2, 0) is 6.42 Å². The van der Waals surface area contributed by atoms with Crippen LogP contribution in [0.15, 0.2) is 36.5 Å². The summed E-state index contributed by atoms with van der Waals surface area (Å²) in [6.45, 7) is 1.87. The molecule has 0 bridgehead atoms. The lowest BCUT2D eigenvalue weighted by Gasteiger charge is -2.13. The minimum Gasteiger partial charge on any atom is -0.349 e. The number of rotatable bonds is 4. The summed E-state index contributed by atoms with van der Waals surface area (Å²) in [5, 5.41) is 3.09. The number of hydrogen-bond acceptors (Lipinski definition) is 3. The van der Waals surface area contributed by atoms with Gasteiger partial charge in [0.25, 0.3) is 5.91 Å². The molecule has 1 aromatic heterocycles. The zero-order valence-corrected chi connectivity index (χ0v) is 12.9. The molecule has 0 unspecified atom stereocenters. The Bertz CT molecular complexity index is 649. The van der Waals surface area contributed by atoms with Gasteiger partial charge in [-0.25, -0.2) is 9.97 Å². The second-order valence-corrected chi connectivity index (χ2v) is 5.90. The third-order valence-corrected chi connectivity index (χ3v) is 4.17. The normalized spacial score (nSPS) is 15.0. The quantitative estimate of drug-likeness (QED) is 0.943. The third-order valence-electron chi connectivity index (χ3n) is 4.17. The van der Waals surface area contributed by atoms with Gasteiger partial charge in [-0.05, 0) is 25.3 Å². The molecule has 1 aliphatic carbocycles. The van der Waals surface area contributed by atoms with E-state index in [4.69, 9.17) is 0 Å². The van der Waals surface area contributed by atoms with Crippen LogP contribution in [-0.4, -0.2) is 21.9 Å². The van der Waals surface area contributed by atoms with Crippen LogP contribution in [0, 0.1) is 6.92 Å². The maximum atomic E-state index is 12.3. The highest BCUT2D eigenvalue weighted by Gasteiger charge is 2.19. The molecule has 1 aromatic carbocycles. The van der Waals surface area contributed by atoms with Crippen molar-refractivity contribution in [2.24, 2.45) is 0 Å². The molecule has 1 fully saturated rings. The van der Waals surface area contributed by atoms with Crippen LogP contribution in [0.2, 0.25) is 0 Å². The predicted octanol–water partition coefficient (Wildman–Crippen LogP) is 3.05. The zero-order valence-electron chi connectivity index (χ0n) is 12.9. The van der Waals surface area contributed by atoms with E-state index >= 15 is 0 Å². The lowest BCUT2D eigenvalue weighted by molar-refractivity contribution is 0.0936. The number of carbonyl (C=O) groups is 1. The van der Waals surface area contributed by atoms with Crippen LogP contribution in [0.25, 0.3) is 0 Å². The van der Waals surface area contributed by atoms with Crippen LogP contribution < -0.4 is 5.32 Å². The maximum Gasteiger partial charge on any atom is 0.254 e. The molecular weight excluding hydrogens is 274 g/mol. The van der Waals surface area contributed by atoms with Crippen molar-refractivity contribution in [1.29, 1.82) is 0 Å². The van der Waals surface area contributed by atoms with Crippen LogP contribution >= 0.6 is 0 Å². The van der Waals surface area contributed by atoms with E-state index in [1.165, 1.54) is 18.4 Å². The summed E-state index contributed by atoms with van der Waals surface area (Å²) >= 11 is 0. The topological polar surface area (TPSA) is 54.9 Å². The summed E-state index contributed by atoms with van der Waals surface area (Å²) < 4.78 is 0. The standard InChI is InChI=1S/C18H21N3O/c1-13-16(18(22)21-15-9-5-6-10-15)12-19-17(20-13)11-14-7-3-2-4-8-14/h2-4,7-8,12,15H,5-6,9-11H2,1H3,(H,21,22). The van der Waals surface area contributed by atoms with Crippen LogP contribution in [0.4, 0.5) is 0 Å². The first-order valence-corrected chi connectivity index (χ1v) is 7.89. The van der Waals surface area contributed by atoms with Gasteiger partial charge in [-0.15, -0.1) is 0 Å². The van der Waals surface area contributed by atoms with E-state index in [0.717, 1.165) is 24.4 Å². The molecule has 114 valence electrons. The smallest absolute Gasteiger partial charge is 0.254 e. The number of benzene rings is 1. The first kappa shape index (κ1) is 14.7. The molecule has 1 aliphatic rings. The van der Waals surface area contributed by atoms with Gasteiger partial charge < -0.3 is 5.32 Å². The first-order chi connectivity index (χ1) is 10.7. The highest BCUT2D eigenvalue weighted by atomic mass is 16.1.